The molecule has 0 saturated carbocycles. The molecule has 0 aliphatic carbocycles. The van der Waals surface area contributed by atoms with Crippen LogP contribution in [0.15, 0.2) is 54.6 Å². The maximum absolute atomic E-state index is 10.8. The van der Waals surface area contributed by atoms with E-state index in [1.165, 1.54) is 0 Å². The fourth-order valence-corrected chi connectivity index (χ4v) is 2.25. The molecule has 0 spiro atoms. The molecule has 2 aromatic carbocycles. The highest BCUT2D eigenvalue weighted by Gasteiger charge is 2.09. The van der Waals surface area contributed by atoms with Crippen molar-refractivity contribution in [3.8, 4) is 6.07 Å². The highest BCUT2D eigenvalue weighted by molar-refractivity contribution is 5.66. The molecule has 112 valence electrons. The summed E-state index contributed by atoms with van der Waals surface area (Å²) in [6, 6.07) is 19.5. The van der Waals surface area contributed by atoms with E-state index in [4.69, 9.17) is 10.4 Å². The van der Waals surface area contributed by atoms with Gasteiger partial charge in [0.15, 0.2) is 0 Å². The van der Waals surface area contributed by atoms with Gasteiger partial charge in [-0.2, -0.15) is 5.26 Å². The van der Waals surface area contributed by atoms with Crippen molar-refractivity contribution in [1.29, 1.82) is 5.26 Å². The summed E-state index contributed by atoms with van der Waals surface area (Å²) in [7, 11) is 0. The van der Waals surface area contributed by atoms with Gasteiger partial charge in [0.05, 0.1) is 18.1 Å². The van der Waals surface area contributed by atoms with Gasteiger partial charge < -0.3 is 5.11 Å². The minimum atomic E-state index is -0.794. The lowest BCUT2D eigenvalue weighted by Crippen LogP contribution is -2.25. The zero-order valence-electron chi connectivity index (χ0n) is 12.3. The Labute approximate surface area is 130 Å². The monoisotopic (exact) mass is 294 g/mol. The summed E-state index contributed by atoms with van der Waals surface area (Å²) in [5, 5.41) is 17.7. The van der Waals surface area contributed by atoms with E-state index in [0.717, 1.165) is 11.1 Å². The summed E-state index contributed by atoms with van der Waals surface area (Å²) in [6.45, 7) is 1.85. The third-order valence-electron chi connectivity index (χ3n) is 3.38. The normalized spacial score (nSPS) is 10.4. The predicted octanol–water partition coefficient (Wildman–Crippen LogP) is 3.04. The molecule has 0 aliphatic rings. The molecular formula is C18H18N2O2. The molecule has 4 heteroatoms. The van der Waals surface area contributed by atoms with Crippen LogP contribution in [-0.4, -0.2) is 22.5 Å². The fourth-order valence-electron chi connectivity index (χ4n) is 2.25. The molecule has 0 saturated heterocycles. The van der Waals surface area contributed by atoms with Crippen molar-refractivity contribution in [2.75, 3.05) is 6.54 Å². The Morgan fingerprint density at radius 2 is 1.59 bits per heavy atom. The number of benzene rings is 2. The Morgan fingerprint density at radius 1 is 1.00 bits per heavy atom. The van der Waals surface area contributed by atoms with Gasteiger partial charge in [-0.3, -0.25) is 9.69 Å². The van der Waals surface area contributed by atoms with Crippen LogP contribution in [0.4, 0.5) is 0 Å². The van der Waals surface area contributed by atoms with E-state index in [1.807, 2.05) is 42.5 Å². The summed E-state index contributed by atoms with van der Waals surface area (Å²) >= 11 is 0. The van der Waals surface area contributed by atoms with Gasteiger partial charge in [-0.15, -0.1) is 0 Å². The van der Waals surface area contributed by atoms with Crippen LogP contribution >= 0.6 is 0 Å². The van der Waals surface area contributed by atoms with Crippen molar-refractivity contribution < 1.29 is 9.90 Å². The molecule has 2 rings (SSSR count). The van der Waals surface area contributed by atoms with Crippen LogP contribution in [0, 0.1) is 11.3 Å². The summed E-state index contributed by atoms with van der Waals surface area (Å²) in [6.07, 6.45) is 0.114. The highest BCUT2D eigenvalue weighted by Crippen LogP contribution is 2.11. The smallest absolute Gasteiger partial charge is 0.304 e. The van der Waals surface area contributed by atoms with Gasteiger partial charge in [-0.25, -0.2) is 0 Å². The summed E-state index contributed by atoms with van der Waals surface area (Å²) in [4.78, 5) is 12.9. The molecule has 0 bridgehead atoms. The third-order valence-corrected chi connectivity index (χ3v) is 3.38. The van der Waals surface area contributed by atoms with Crippen LogP contribution in [-0.2, 0) is 17.9 Å². The van der Waals surface area contributed by atoms with E-state index in [-0.39, 0.29) is 6.42 Å². The maximum Gasteiger partial charge on any atom is 0.304 e. The number of carboxylic acid groups (broad SMARTS) is 1. The van der Waals surface area contributed by atoms with Crippen LogP contribution in [0.5, 0.6) is 0 Å². The van der Waals surface area contributed by atoms with Crippen LogP contribution in [0.2, 0.25) is 0 Å². The van der Waals surface area contributed by atoms with Gasteiger partial charge in [0.25, 0.3) is 0 Å². The molecule has 2 aromatic rings. The molecule has 0 amide bonds. The van der Waals surface area contributed by atoms with E-state index < -0.39 is 5.97 Å². The molecule has 0 atom stereocenters. The molecule has 0 fully saturated rings. The van der Waals surface area contributed by atoms with Gasteiger partial charge in [0, 0.05) is 19.6 Å². The number of carboxylic acids is 1. The first-order valence-corrected chi connectivity index (χ1v) is 7.14. The molecule has 1 N–H and O–H groups in total. The molecule has 4 nitrogen and oxygen atoms in total. The second-order valence-electron chi connectivity index (χ2n) is 5.15. The average molecular weight is 294 g/mol. The zero-order chi connectivity index (χ0) is 15.8. The Morgan fingerprint density at radius 3 is 2.14 bits per heavy atom. The van der Waals surface area contributed by atoms with Crippen molar-refractivity contribution in [2.45, 2.75) is 19.5 Å². The van der Waals surface area contributed by atoms with Gasteiger partial charge >= 0.3 is 5.97 Å². The van der Waals surface area contributed by atoms with E-state index in [9.17, 15) is 4.79 Å². The molecule has 0 radical (unpaired) electrons. The average Bonchev–Trinajstić information content (AvgIpc) is 2.54. The van der Waals surface area contributed by atoms with Crippen molar-refractivity contribution in [1.82, 2.24) is 4.90 Å². The Hall–Kier alpha value is -2.64. The Kier molecular flexibility index (Phi) is 5.70. The Balaban J connectivity index is 2.05. The topological polar surface area (TPSA) is 64.3 Å². The van der Waals surface area contributed by atoms with E-state index in [0.29, 0.717) is 25.2 Å². The first kappa shape index (κ1) is 15.7. The zero-order valence-corrected chi connectivity index (χ0v) is 12.3. The van der Waals surface area contributed by atoms with Crippen molar-refractivity contribution >= 4 is 5.97 Å². The van der Waals surface area contributed by atoms with Crippen LogP contribution < -0.4 is 0 Å². The van der Waals surface area contributed by atoms with E-state index >= 15 is 0 Å². The molecule has 0 aliphatic heterocycles. The molecule has 22 heavy (non-hydrogen) atoms. The molecule has 0 aromatic heterocycles. The first-order chi connectivity index (χ1) is 10.7. The minimum Gasteiger partial charge on any atom is -0.481 e. The predicted molar refractivity (Wildman–Crippen MR) is 84.0 cm³/mol. The third kappa shape index (κ3) is 5.04. The number of hydrogen-bond acceptors (Lipinski definition) is 3. The molecular weight excluding hydrogens is 276 g/mol. The van der Waals surface area contributed by atoms with Gasteiger partial charge in [-0.05, 0) is 23.3 Å². The van der Waals surface area contributed by atoms with Gasteiger partial charge in [0.2, 0.25) is 0 Å². The number of rotatable bonds is 7. The van der Waals surface area contributed by atoms with Crippen LogP contribution in [0.1, 0.15) is 23.1 Å². The summed E-state index contributed by atoms with van der Waals surface area (Å²) in [5.74, 6) is -0.794. The summed E-state index contributed by atoms with van der Waals surface area (Å²) in [5.41, 5.74) is 2.85. The van der Waals surface area contributed by atoms with Gasteiger partial charge in [0.1, 0.15) is 0 Å². The number of aliphatic carboxylic acids is 1. The second-order valence-corrected chi connectivity index (χ2v) is 5.15. The largest absolute Gasteiger partial charge is 0.481 e. The maximum atomic E-state index is 10.8. The van der Waals surface area contributed by atoms with E-state index in [1.54, 1.807) is 12.1 Å². The lowest BCUT2D eigenvalue weighted by atomic mass is 10.1. The van der Waals surface area contributed by atoms with Crippen LogP contribution in [0.25, 0.3) is 0 Å². The Bertz CT molecular complexity index is 645. The van der Waals surface area contributed by atoms with Crippen LogP contribution in [0.3, 0.4) is 0 Å². The molecule has 0 unspecified atom stereocenters. The number of nitrogens with zero attached hydrogens (tertiary/aromatic N) is 2. The fraction of sp³-hybridized carbons (Fsp3) is 0.222. The number of hydrogen-bond donors (Lipinski definition) is 1. The lowest BCUT2D eigenvalue weighted by Gasteiger charge is -2.22. The van der Waals surface area contributed by atoms with Crippen molar-refractivity contribution in [2.24, 2.45) is 0 Å². The summed E-state index contributed by atoms with van der Waals surface area (Å²) < 4.78 is 0. The number of nitriles is 1. The van der Waals surface area contributed by atoms with E-state index in [2.05, 4.69) is 11.0 Å². The minimum absolute atomic E-state index is 0.114. The van der Waals surface area contributed by atoms with Gasteiger partial charge in [-0.1, -0.05) is 42.5 Å². The number of carbonyl (C=O) groups is 1. The van der Waals surface area contributed by atoms with Crippen molar-refractivity contribution in [3.05, 3.63) is 71.3 Å². The van der Waals surface area contributed by atoms with Crippen molar-refractivity contribution in [3.63, 3.8) is 0 Å². The molecule has 0 heterocycles. The first-order valence-electron chi connectivity index (χ1n) is 7.14. The quantitative estimate of drug-likeness (QED) is 0.852. The standard InChI is InChI=1S/C18H18N2O2/c19-12-15-6-8-17(9-7-15)14-20(11-10-18(21)22)13-16-4-2-1-3-5-16/h1-9H,10-11,13-14H2,(H,21,22). The highest BCUT2D eigenvalue weighted by atomic mass is 16.4. The lowest BCUT2D eigenvalue weighted by molar-refractivity contribution is -0.137. The second kappa shape index (κ2) is 7.96. The SMILES string of the molecule is N#Cc1ccc(CN(CCC(=O)O)Cc2ccccc2)cc1.